The lowest BCUT2D eigenvalue weighted by Gasteiger charge is -2.31. The molecule has 0 aromatic heterocycles. The number of ether oxygens (including phenoxy) is 1. The molecule has 0 aliphatic carbocycles. The third-order valence-electron chi connectivity index (χ3n) is 2.96. The molecule has 0 aromatic carbocycles. The molecule has 1 rings (SSSR count). The maximum absolute atomic E-state index is 11.0. The Hall–Kier alpha value is -1.12. The van der Waals surface area contributed by atoms with Gasteiger partial charge in [-0.2, -0.15) is 5.26 Å². The van der Waals surface area contributed by atoms with Crippen LogP contribution in [0, 0.1) is 17.2 Å². The highest BCUT2D eigenvalue weighted by molar-refractivity contribution is 5.71. The fourth-order valence-electron chi connectivity index (χ4n) is 2.08. The van der Waals surface area contributed by atoms with Crippen LogP contribution in [-0.4, -0.2) is 47.8 Å². The largest absolute Gasteiger partial charge is 0.481 e. The normalized spacial score (nSPS) is 26.6. The summed E-state index contributed by atoms with van der Waals surface area (Å²) >= 11 is 0. The molecule has 90 valence electrons. The van der Waals surface area contributed by atoms with Gasteiger partial charge in [0.2, 0.25) is 0 Å². The lowest BCUT2D eigenvalue weighted by Crippen LogP contribution is -2.47. The molecule has 0 radical (unpaired) electrons. The smallest absolute Gasteiger partial charge is 0.310 e. The molecule has 0 amide bonds. The molecule has 1 aliphatic rings. The molecule has 1 saturated heterocycles. The van der Waals surface area contributed by atoms with E-state index in [1.165, 1.54) is 0 Å². The van der Waals surface area contributed by atoms with Gasteiger partial charge in [-0.05, 0) is 19.9 Å². The van der Waals surface area contributed by atoms with E-state index in [0.717, 1.165) is 13.0 Å². The van der Waals surface area contributed by atoms with Gasteiger partial charge in [-0.1, -0.05) is 6.92 Å². The minimum atomic E-state index is -0.839. The quantitative estimate of drug-likeness (QED) is 0.747. The predicted octanol–water partition coefficient (Wildman–Crippen LogP) is 0.710. The highest BCUT2D eigenvalue weighted by Gasteiger charge is 2.39. The average Bonchev–Trinajstić information content (AvgIpc) is 2.73. The van der Waals surface area contributed by atoms with E-state index in [9.17, 15) is 4.79 Å². The van der Waals surface area contributed by atoms with Crippen molar-refractivity contribution in [3.8, 4) is 6.07 Å². The van der Waals surface area contributed by atoms with Crippen molar-refractivity contribution in [3.05, 3.63) is 0 Å². The van der Waals surface area contributed by atoms with Gasteiger partial charge >= 0.3 is 5.97 Å². The van der Waals surface area contributed by atoms with E-state index in [0.29, 0.717) is 6.61 Å². The monoisotopic (exact) mass is 226 g/mol. The number of hydrogen-bond donors (Lipinski definition) is 1. The number of nitrogens with zero attached hydrogens (tertiary/aromatic N) is 2. The van der Waals surface area contributed by atoms with E-state index in [2.05, 4.69) is 6.07 Å². The van der Waals surface area contributed by atoms with Gasteiger partial charge in [0.15, 0.2) is 0 Å². The Morgan fingerprint density at radius 2 is 2.38 bits per heavy atom. The van der Waals surface area contributed by atoms with Crippen LogP contribution in [-0.2, 0) is 9.53 Å². The Bertz CT molecular complexity index is 287. The van der Waals surface area contributed by atoms with Gasteiger partial charge in [-0.25, -0.2) is 0 Å². The first-order valence-electron chi connectivity index (χ1n) is 5.57. The minimum absolute atomic E-state index is 0.174. The van der Waals surface area contributed by atoms with Crippen molar-refractivity contribution in [3.63, 3.8) is 0 Å². The highest BCUT2D eigenvalue weighted by Crippen LogP contribution is 2.22. The fourth-order valence-corrected chi connectivity index (χ4v) is 2.08. The van der Waals surface area contributed by atoms with Crippen LogP contribution >= 0.6 is 0 Å². The van der Waals surface area contributed by atoms with Crippen molar-refractivity contribution >= 4 is 5.97 Å². The summed E-state index contributed by atoms with van der Waals surface area (Å²) in [5.41, 5.74) is 0. The summed E-state index contributed by atoms with van der Waals surface area (Å²) < 4.78 is 5.22. The molecule has 16 heavy (non-hydrogen) atoms. The number of carbonyl (C=O) groups is 1. The SMILES string of the molecule is CCCN(C(C)C#N)C1COCC1C(=O)O. The molecular weight excluding hydrogens is 208 g/mol. The Kier molecular flexibility index (Phi) is 4.71. The molecule has 3 atom stereocenters. The molecule has 1 fully saturated rings. The van der Waals surface area contributed by atoms with Crippen LogP contribution in [0.4, 0.5) is 0 Å². The van der Waals surface area contributed by atoms with Crippen LogP contribution < -0.4 is 0 Å². The van der Waals surface area contributed by atoms with E-state index in [4.69, 9.17) is 15.1 Å². The van der Waals surface area contributed by atoms with Crippen LogP contribution in [0.3, 0.4) is 0 Å². The summed E-state index contributed by atoms with van der Waals surface area (Å²) in [6.07, 6.45) is 0.898. The van der Waals surface area contributed by atoms with Crippen molar-refractivity contribution in [1.82, 2.24) is 4.90 Å². The molecular formula is C11H18N2O3. The molecule has 5 heteroatoms. The minimum Gasteiger partial charge on any atom is -0.481 e. The van der Waals surface area contributed by atoms with E-state index in [1.807, 2.05) is 11.8 Å². The molecule has 5 nitrogen and oxygen atoms in total. The molecule has 0 aromatic rings. The molecule has 1 aliphatic heterocycles. The fraction of sp³-hybridized carbons (Fsp3) is 0.818. The van der Waals surface area contributed by atoms with Crippen molar-refractivity contribution in [2.75, 3.05) is 19.8 Å². The van der Waals surface area contributed by atoms with Gasteiger partial charge in [0.1, 0.15) is 0 Å². The molecule has 0 bridgehead atoms. The van der Waals surface area contributed by atoms with Crippen LogP contribution in [0.15, 0.2) is 0 Å². The Labute approximate surface area is 95.6 Å². The van der Waals surface area contributed by atoms with Crippen LogP contribution in [0.2, 0.25) is 0 Å². The molecule has 1 heterocycles. The Balaban J connectivity index is 2.77. The third kappa shape index (κ3) is 2.71. The maximum atomic E-state index is 11.0. The summed E-state index contributed by atoms with van der Waals surface area (Å²) in [6, 6.07) is 1.72. The van der Waals surface area contributed by atoms with Crippen molar-refractivity contribution < 1.29 is 14.6 Å². The van der Waals surface area contributed by atoms with Gasteiger partial charge in [-0.3, -0.25) is 9.69 Å². The second-order valence-corrected chi connectivity index (χ2v) is 4.09. The second kappa shape index (κ2) is 5.83. The lowest BCUT2D eigenvalue weighted by molar-refractivity contribution is -0.143. The van der Waals surface area contributed by atoms with Crippen molar-refractivity contribution in [1.29, 1.82) is 5.26 Å². The zero-order chi connectivity index (χ0) is 12.1. The zero-order valence-corrected chi connectivity index (χ0v) is 9.72. The van der Waals surface area contributed by atoms with Gasteiger partial charge in [0, 0.05) is 6.04 Å². The van der Waals surface area contributed by atoms with E-state index in [-0.39, 0.29) is 18.7 Å². The first kappa shape index (κ1) is 12.9. The second-order valence-electron chi connectivity index (χ2n) is 4.09. The highest BCUT2D eigenvalue weighted by atomic mass is 16.5. The summed E-state index contributed by atoms with van der Waals surface area (Å²) in [5, 5.41) is 18.0. The topological polar surface area (TPSA) is 73.6 Å². The first-order chi connectivity index (χ1) is 7.61. The Morgan fingerprint density at radius 3 is 2.88 bits per heavy atom. The van der Waals surface area contributed by atoms with Gasteiger partial charge in [-0.15, -0.1) is 0 Å². The number of carboxylic acid groups (broad SMARTS) is 1. The van der Waals surface area contributed by atoms with E-state index >= 15 is 0 Å². The van der Waals surface area contributed by atoms with Gasteiger partial charge in [0.25, 0.3) is 0 Å². The summed E-state index contributed by atoms with van der Waals surface area (Å²) in [4.78, 5) is 13.0. The van der Waals surface area contributed by atoms with Crippen LogP contribution in [0.1, 0.15) is 20.3 Å². The standard InChI is InChI=1S/C11H18N2O3/c1-3-4-13(8(2)5-12)10-7-16-6-9(10)11(14)15/h8-10H,3-4,6-7H2,1-2H3,(H,14,15). The van der Waals surface area contributed by atoms with Gasteiger partial charge < -0.3 is 9.84 Å². The zero-order valence-electron chi connectivity index (χ0n) is 9.72. The summed E-state index contributed by atoms with van der Waals surface area (Å²) in [7, 11) is 0. The average molecular weight is 226 g/mol. The van der Waals surface area contributed by atoms with Crippen LogP contribution in [0.5, 0.6) is 0 Å². The van der Waals surface area contributed by atoms with E-state index < -0.39 is 11.9 Å². The number of hydrogen-bond acceptors (Lipinski definition) is 4. The first-order valence-corrected chi connectivity index (χ1v) is 5.57. The number of rotatable bonds is 5. The third-order valence-corrected chi connectivity index (χ3v) is 2.96. The summed E-state index contributed by atoms with van der Waals surface area (Å²) in [5.74, 6) is -1.35. The predicted molar refractivity (Wildman–Crippen MR) is 57.8 cm³/mol. The lowest BCUT2D eigenvalue weighted by atomic mass is 10.0. The van der Waals surface area contributed by atoms with Crippen LogP contribution in [0.25, 0.3) is 0 Å². The summed E-state index contributed by atoms with van der Waals surface area (Å²) in [6.45, 7) is 5.20. The number of aliphatic carboxylic acids is 1. The van der Waals surface area contributed by atoms with E-state index in [1.54, 1.807) is 6.92 Å². The van der Waals surface area contributed by atoms with Crippen molar-refractivity contribution in [2.45, 2.75) is 32.4 Å². The van der Waals surface area contributed by atoms with Crippen molar-refractivity contribution in [2.24, 2.45) is 5.92 Å². The molecule has 0 spiro atoms. The molecule has 1 N–H and O–H groups in total. The molecule has 0 saturated carbocycles. The Morgan fingerprint density at radius 1 is 1.69 bits per heavy atom. The van der Waals surface area contributed by atoms with Gasteiger partial charge in [0.05, 0.1) is 31.2 Å². The number of nitriles is 1. The number of carboxylic acids is 1. The maximum Gasteiger partial charge on any atom is 0.310 e. The molecule has 3 unspecified atom stereocenters.